The van der Waals surface area contributed by atoms with Gasteiger partial charge in [-0.3, -0.25) is 0 Å². The normalized spacial score (nSPS) is 24.3. The first kappa shape index (κ1) is 6.97. The van der Waals surface area contributed by atoms with Crippen LogP contribution in [0.2, 0.25) is 0 Å². The predicted molar refractivity (Wildman–Crippen MR) is 33.8 cm³/mol. The minimum Gasteiger partial charge on any atom is -0.368 e. The van der Waals surface area contributed by atoms with E-state index in [9.17, 15) is 9.59 Å². The first-order valence-electron chi connectivity index (χ1n) is 2.90. The van der Waals surface area contributed by atoms with Crippen molar-refractivity contribution < 1.29 is 14.3 Å². The fraction of sp³-hybridized carbons (Fsp3) is 0.429. The van der Waals surface area contributed by atoms with E-state index in [-0.39, 0.29) is 12.7 Å². The van der Waals surface area contributed by atoms with Gasteiger partial charge >= 0.3 is 0 Å². The van der Waals surface area contributed by atoms with Gasteiger partial charge < -0.3 is 4.74 Å². The molecule has 1 heterocycles. The van der Waals surface area contributed by atoms with Crippen molar-refractivity contribution in [3.63, 3.8) is 0 Å². The van der Waals surface area contributed by atoms with Crippen molar-refractivity contribution >= 4 is 11.9 Å². The van der Waals surface area contributed by atoms with Crippen LogP contribution in [-0.4, -0.2) is 24.6 Å². The van der Waals surface area contributed by atoms with Gasteiger partial charge in [-0.25, -0.2) is 9.59 Å². The molecule has 10 heavy (non-hydrogen) atoms. The maximum atomic E-state index is 10.1. The van der Waals surface area contributed by atoms with E-state index in [1.54, 1.807) is 18.8 Å². The Morgan fingerprint density at radius 3 is 2.60 bits per heavy atom. The van der Waals surface area contributed by atoms with Crippen molar-refractivity contribution in [2.45, 2.75) is 13.0 Å². The van der Waals surface area contributed by atoms with Crippen molar-refractivity contribution in [2.75, 3.05) is 6.61 Å². The molecule has 0 amide bonds. The van der Waals surface area contributed by atoms with Gasteiger partial charge in [0.25, 0.3) is 0 Å². The maximum absolute atomic E-state index is 10.1. The van der Waals surface area contributed by atoms with E-state index in [1.807, 2.05) is 0 Å². The molecule has 1 aliphatic heterocycles. The van der Waals surface area contributed by atoms with E-state index < -0.39 is 0 Å². The summed E-state index contributed by atoms with van der Waals surface area (Å²) in [5, 5.41) is 0. The smallest absolute Gasteiger partial charge is 0.131 e. The van der Waals surface area contributed by atoms with Crippen molar-refractivity contribution in [1.82, 2.24) is 0 Å². The van der Waals surface area contributed by atoms with Crippen LogP contribution in [0.1, 0.15) is 6.92 Å². The number of ether oxygens (including phenoxy) is 1. The molecular formula is C7H6O3. The lowest BCUT2D eigenvalue weighted by molar-refractivity contribution is 0.144. The molecule has 0 aromatic rings. The van der Waals surface area contributed by atoms with Gasteiger partial charge in [-0.1, -0.05) is 0 Å². The van der Waals surface area contributed by atoms with Crippen molar-refractivity contribution in [3.8, 4) is 0 Å². The molecule has 0 N–H and O–H groups in total. The Labute approximate surface area is 58.0 Å². The van der Waals surface area contributed by atoms with E-state index in [0.717, 1.165) is 0 Å². The SMILES string of the molecule is CC1OCC(=C=O)C1=C=O. The van der Waals surface area contributed by atoms with E-state index >= 15 is 0 Å². The quantitative estimate of drug-likeness (QED) is 0.440. The molecule has 0 bridgehead atoms. The number of carbonyl (C=O) groups excluding carboxylic acids is 2. The Kier molecular flexibility index (Phi) is 1.83. The molecule has 3 heteroatoms. The minimum atomic E-state index is -0.297. The van der Waals surface area contributed by atoms with Gasteiger partial charge in [0.15, 0.2) is 0 Å². The summed E-state index contributed by atoms with van der Waals surface area (Å²) in [7, 11) is 0. The lowest BCUT2D eigenvalue weighted by Crippen LogP contribution is -2.00. The van der Waals surface area contributed by atoms with Gasteiger partial charge in [-0.2, -0.15) is 0 Å². The average Bonchev–Trinajstić information content (AvgIpc) is 2.30. The van der Waals surface area contributed by atoms with Gasteiger partial charge in [0.2, 0.25) is 0 Å². The van der Waals surface area contributed by atoms with Crippen molar-refractivity contribution in [2.24, 2.45) is 0 Å². The minimum absolute atomic E-state index is 0.190. The summed E-state index contributed by atoms with van der Waals surface area (Å²) in [5.41, 5.74) is 0.595. The second-order valence-corrected chi connectivity index (χ2v) is 2.05. The lowest BCUT2D eigenvalue weighted by atomic mass is 10.1. The number of hydrogen-bond acceptors (Lipinski definition) is 3. The van der Waals surface area contributed by atoms with Gasteiger partial charge in [0, 0.05) is 0 Å². The summed E-state index contributed by atoms with van der Waals surface area (Å²) in [4.78, 5) is 20.2. The van der Waals surface area contributed by atoms with Gasteiger partial charge in [0.05, 0.1) is 23.9 Å². The zero-order chi connectivity index (χ0) is 7.56. The number of rotatable bonds is 0. The average molecular weight is 138 g/mol. The molecule has 0 radical (unpaired) electrons. The molecule has 0 saturated carbocycles. The third-order valence-electron chi connectivity index (χ3n) is 1.44. The highest BCUT2D eigenvalue weighted by Crippen LogP contribution is 2.19. The van der Waals surface area contributed by atoms with Crippen LogP contribution in [0.25, 0.3) is 0 Å². The molecule has 0 aliphatic carbocycles. The van der Waals surface area contributed by atoms with Crippen LogP contribution in [0.3, 0.4) is 0 Å². The molecule has 1 rings (SSSR count). The molecule has 1 fully saturated rings. The maximum Gasteiger partial charge on any atom is 0.131 e. The zero-order valence-corrected chi connectivity index (χ0v) is 5.51. The highest BCUT2D eigenvalue weighted by Gasteiger charge is 2.24. The molecule has 3 nitrogen and oxygen atoms in total. The summed E-state index contributed by atoms with van der Waals surface area (Å²) >= 11 is 0. The molecular weight excluding hydrogens is 132 g/mol. The monoisotopic (exact) mass is 138 g/mol. The predicted octanol–water partition coefficient (Wildman–Crippen LogP) is -0.0789. The summed E-state index contributed by atoms with van der Waals surface area (Å²) in [6.45, 7) is 1.89. The van der Waals surface area contributed by atoms with Crippen LogP contribution in [0, 0.1) is 0 Å². The highest BCUT2D eigenvalue weighted by molar-refractivity contribution is 5.73. The standard InChI is InChI=1S/C7H6O3/c1-5-7(3-9)6(2-8)4-10-5/h5H,4H2,1H3. The molecule has 1 aliphatic rings. The van der Waals surface area contributed by atoms with Gasteiger partial charge in [-0.15, -0.1) is 0 Å². The van der Waals surface area contributed by atoms with Crippen LogP contribution < -0.4 is 0 Å². The lowest BCUT2D eigenvalue weighted by Gasteiger charge is -1.95. The zero-order valence-electron chi connectivity index (χ0n) is 5.51. The van der Waals surface area contributed by atoms with E-state index in [4.69, 9.17) is 4.74 Å². The summed E-state index contributed by atoms with van der Waals surface area (Å²) in [5.74, 6) is 3.29. The Morgan fingerprint density at radius 2 is 2.20 bits per heavy atom. The molecule has 1 atom stereocenters. The highest BCUT2D eigenvalue weighted by atomic mass is 16.5. The van der Waals surface area contributed by atoms with Crippen LogP contribution in [0.15, 0.2) is 11.1 Å². The molecule has 1 unspecified atom stereocenters. The van der Waals surface area contributed by atoms with Gasteiger partial charge in [-0.05, 0) is 6.92 Å². The van der Waals surface area contributed by atoms with Crippen LogP contribution in [-0.2, 0) is 14.3 Å². The molecule has 0 aromatic heterocycles. The largest absolute Gasteiger partial charge is 0.368 e. The first-order chi connectivity index (χ1) is 4.79. The second kappa shape index (κ2) is 2.63. The summed E-state index contributed by atoms with van der Waals surface area (Å²) in [6, 6.07) is 0. The fourth-order valence-corrected chi connectivity index (χ4v) is 0.844. The van der Waals surface area contributed by atoms with Crippen molar-refractivity contribution in [3.05, 3.63) is 11.1 Å². The Hall–Kier alpha value is -1.14. The Bertz CT molecular complexity index is 242. The fourth-order valence-electron chi connectivity index (χ4n) is 0.844. The first-order valence-corrected chi connectivity index (χ1v) is 2.90. The summed E-state index contributed by atoms with van der Waals surface area (Å²) < 4.78 is 4.96. The van der Waals surface area contributed by atoms with Crippen LogP contribution in [0.5, 0.6) is 0 Å². The Balaban J connectivity index is 3.06. The molecule has 0 aromatic carbocycles. The topological polar surface area (TPSA) is 43.4 Å². The van der Waals surface area contributed by atoms with Gasteiger partial charge in [0.1, 0.15) is 11.9 Å². The second-order valence-electron chi connectivity index (χ2n) is 2.05. The van der Waals surface area contributed by atoms with Crippen molar-refractivity contribution in [1.29, 1.82) is 0 Å². The molecule has 1 saturated heterocycles. The number of hydrogen-bond donors (Lipinski definition) is 0. The molecule has 52 valence electrons. The van der Waals surface area contributed by atoms with Crippen LogP contribution in [0.4, 0.5) is 0 Å². The van der Waals surface area contributed by atoms with E-state index in [2.05, 4.69) is 0 Å². The third-order valence-corrected chi connectivity index (χ3v) is 1.44. The summed E-state index contributed by atoms with van der Waals surface area (Å²) in [6.07, 6.45) is -0.297. The Morgan fingerprint density at radius 1 is 1.50 bits per heavy atom. The molecule has 0 spiro atoms. The van der Waals surface area contributed by atoms with E-state index in [0.29, 0.717) is 11.1 Å². The van der Waals surface area contributed by atoms with Crippen LogP contribution >= 0.6 is 0 Å². The van der Waals surface area contributed by atoms with E-state index in [1.165, 1.54) is 0 Å². The third kappa shape index (κ3) is 0.937.